The molecule has 0 aromatic rings. The van der Waals surface area contributed by atoms with Gasteiger partial charge in [0.15, 0.2) is 0 Å². The highest BCUT2D eigenvalue weighted by molar-refractivity contribution is 6.17. The van der Waals surface area contributed by atoms with Crippen molar-refractivity contribution in [2.75, 3.05) is 0 Å². The number of nitrogens with one attached hydrogen (secondary N) is 1. The van der Waals surface area contributed by atoms with E-state index in [0.717, 1.165) is 12.8 Å². The van der Waals surface area contributed by atoms with Crippen LogP contribution in [0.3, 0.4) is 0 Å². The van der Waals surface area contributed by atoms with Crippen LogP contribution in [0.2, 0.25) is 0 Å². The molecule has 3 nitrogen and oxygen atoms in total. The Morgan fingerprint density at radius 1 is 1.56 bits per heavy atom. The van der Waals surface area contributed by atoms with Crippen molar-refractivity contribution < 1.29 is 9.90 Å². The van der Waals surface area contributed by atoms with E-state index in [1.54, 1.807) is 18.2 Å². The summed E-state index contributed by atoms with van der Waals surface area (Å²) in [4.78, 5) is 11.0. The lowest BCUT2D eigenvalue weighted by Crippen LogP contribution is -2.12. The summed E-state index contributed by atoms with van der Waals surface area (Å²) in [5.41, 5.74) is 1.04. The largest absolute Gasteiger partial charge is 0.478 e. The maximum Gasteiger partial charge on any atom is 0.336 e. The minimum atomic E-state index is -0.968. The van der Waals surface area contributed by atoms with Gasteiger partial charge in [-0.25, -0.2) is 4.79 Å². The molecule has 0 aliphatic heterocycles. The highest BCUT2D eigenvalue weighted by atomic mass is 16.4. The quantitative estimate of drug-likeness (QED) is 0.763. The molecule has 0 heterocycles. The van der Waals surface area contributed by atoms with Gasteiger partial charge in [-0.15, -0.1) is 0 Å². The fourth-order valence-corrected chi connectivity index (χ4v) is 1.53. The number of hydrogen-bond donors (Lipinski definition) is 2. The van der Waals surface area contributed by atoms with Gasteiger partial charge in [0.1, 0.15) is 0 Å². The van der Waals surface area contributed by atoms with Crippen molar-refractivity contribution in [1.29, 1.82) is 5.41 Å². The van der Waals surface area contributed by atoms with E-state index in [0.29, 0.717) is 11.5 Å². The van der Waals surface area contributed by atoms with Gasteiger partial charge in [0.05, 0.1) is 11.3 Å². The summed E-state index contributed by atoms with van der Waals surface area (Å²) in [6, 6.07) is 0. The first-order chi connectivity index (χ1) is 7.52. The fraction of sp³-hybridized carbons (Fsp3) is 0.385. The van der Waals surface area contributed by atoms with Crippen molar-refractivity contribution in [3.63, 3.8) is 0 Å². The maximum atomic E-state index is 11.0. The van der Waals surface area contributed by atoms with Crippen LogP contribution in [0.5, 0.6) is 0 Å². The van der Waals surface area contributed by atoms with Crippen LogP contribution in [0.4, 0.5) is 0 Å². The van der Waals surface area contributed by atoms with Gasteiger partial charge in [-0.3, -0.25) is 0 Å². The third-order valence-corrected chi connectivity index (χ3v) is 2.43. The summed E-state index contributed by atoms with van der Waals surface area (Å²) >= 11 is 0. The van der Waals surface area contributed by atoms with Crippen LogP contribution in [-0.4, -0.2) is 16.8 Å². The molecule has 0 unspecified atom stereocenters. The standard InChI is InChI=1S/C13H17NO2/c1-9(2)5-3-6-10-11(13(15)16)7-4-8-12(10)14/h4,6-9,14H,3,5H2,1-2H3,(H,15,16)/b10-6-,14-12?. The lowest BCUT2D eigenvalue weighted by Gasteiger charge is -2.11. The first-order valence-electron chi connectivity index (χ1n) is 5.43. The second-order valence-electron chi connectivity index (χ2n) is 4.25. The first-order valence-corrected chi connectivity index (χ1v) is 5.43. The number of rotatable bonds is 4. The lowest BCUT2D eigenvalue weighted by atomic mass is 9.94. The van der Waals surface area contributed by atoms with E-state index in [2.05, 4.69) is 13.8 Å². The van der Waals surface area contributed by atoms with E-state index in [-0.39, 0.29) is 11.3 Å². The molecule has 0 bridgehead atoms. The van der Waals surface area contributed by atoms with Crippen LogP contribution in [0.1, 0.15) is 26.7 Å². The first kappa shape index (κ1) is 12.4. The molecule has 1 aliphatic rings. The second-order valence-corrected chi connectivity index (χ2v) is 4.25. The van der Waals surface area contributed by atoms with E-state index in [9.17, 15) is 4.79 Å². The Morgan fingerprint density at radius 3 is 2.81 bits per heavy atom. The number of carboxylic acid groups (broad SMARTS) is 1. The van der Waals surface area contributed by atoms with Crippen LogP contribution in [0.15, 0.2) is 35.5 Å². The predicted molar refractivity (Wildman–Crippen MR) is 64.7 cm³/mol. The van der Waals surface area contributed by atoms with Crippen LogP contribution in [0.25, 0.3) is 0 Å². The van der Waals surface area contributed by atoms with Crippen molar-refractivity contribution in [2.45, 2.75) is 26.7 Å². The van der Waals surface area contributed by atoms with Gasteiger partial charge >= 0.3 is 5.97 Å². The molecule has 86 valence electrons. The molecule has 0 spiro atoms. The monoisotopic (exact) mass is 219 g/mol. The average molecular weight is 219 g/mol. The minimum Gasteiger partial charge on any atom is -0.478 e. The Hall–Kier alpha value is -1.64. The van der Waals surface area contributed by atoms with Gasteiger partial charge in [-0.05, 0) is 30.9 Å². The molecule has 0 atom stereocenters. The summed E-state index contributed by atoms with van der Waals surface area (Å²) in [5, 5.41) is 16.7. The molecule has 0 saturated carbocycles. The van der Waals surface area contributed by atoms with Gasteiger partial charge in [0.25, 0.3) is 0 Å². The van der Waals surface area contributed by atoms with Gasteiger partial charge in [0.2, 0.25) is 0 Å². The van der Waals surface area contributed by atoms with E-state index >= 15 is 0 Å². The number of carbonyl (C=O) groups is 1. The van der Waals surface area contributed by atoms with Crippen molar-refractivity contribution in [3.8, 4) is 0 Å². The van der Waals surface area contributed by atoms with E-state index in [1.807, 2.05) is 6.08 Å². The Kier molecular flexibility index (Phi) is 4.23. The van der Waals surface area contributed by atoms with Crippen molar-refractivity contribution >= 4 is 11.7 Å². The Bertz CT molecular complexity index is 387. The molecule has 0 radical (unpaired) electrons. The maximum absolute atomic E-state index is 11.0. The molecule has 0 fully saturated rings. The summed E-state index contributed by atoms with van der Waals surface area (Å²) in [7, 11) is 0. The summed E-state index contributed by atoms with van der Waals surface area (Å²) in [5.74, 6) is -0.382. The molecule has 0 saturated heterocycles. The van der Waals surface area contributed by atoms with Crippen LogP contribution < -0.4 is 0 Å². The molecule has 0 amide bonds. The smallest absolute Gasteiger partial charge is 0.336 e. The van der Waals surface area contributed by atoms with Crippen LogP contribution in [-0.2, 0) is 4.79 Å². The Morgan fingerprint density at radius 2 is 2.25 bits per heavy atom. The highest BCUT2D eigenvalue weighted by Crippen LogP contribution is 2.19. The van der Waals surface area contributed by atoms with Crippen molar-refractivity contribution in [1.82, 2.24) is 0 Å². The van der Waals surface area contributed by atoms with Gasteiger partial charge in [0, 0.05) is 5.57 Å². The predicted octanol–water partition coefficient (Wildman–Crippen LogP) is 2.95. The Balaban J connectivity index is 2.83. The Labute approximate surface area is 95.7 Å². The van der Waals surface area contributed by atoms with Crippen LogP contribution in [0, 0.1) is 11.3 Å². The minimum absolute atomic E-state index is 0.219. The number of allylic oxidation sites excluding steroid dienone is 4. The number of hydrogen-bond acceptors (Lipinski definition) is 2. The fourth-order valence-electron chi connectivity index (χ4n) is 1.53. The van der Waals surface area contributed by atoms with Gasteiger partial charge < -0.3 is 10.5 Å². The molecule has 1 aliphatic carbocycles. The van der Waals surface area contributed by atoms with Crippen molar-refractivity contribution in [3.05, 3.63) is 35.5 Å². The lowest BCUT2D eigenvalue weighted by molar-refractivity contribution is -0.132. The average Bonchev–Trinajstić information content (AvgIpc) is 2.19. The topological polar surface area (TPSA) is 61.2 Å². The molecule has 2 N–H and O–H groups in total. The third kappa shape index (κ3) is 3.19. The van der Waals surface area contributed by atoms with Crippen molar-refractivity contribution in [2.24, 2.45) is 5.92 Å². The molecule has 0 aromatic carbocycles. The second kappa shape index (κ2) is 5.45. The normalized spacial score (nSPS) is 18.1. The molecular formula is C13H17NO2. The summed E-state index contributed by atoms with van der Waals surface area (Å²) in [6.07, 6.45) is 8.44. The third-order valence-electron chi connectivity index (χ3n) is 2.43. The number of aliphatic carboxylic acids is 1. The molecular weight excluding hydrogens is 202 g/mol. The molecule has 0 aromatic heterocycles. The highest BCUT2D eigenvalue weighted by Gasteiger charge is 2.17. The zero-order chi connectivity index (χ0) is 12.1. The zero-order valence-electron chi connectivity index (χ0n) is 9.66. The molecule has 1 rings (SSSR count). The van der Waals surface area contributed by atoms with E-state index in [1.165, 1.54) is 0 Å². The van der Waals surface area contributed by atoms with Crippen LogP contribution >= 0.6 is 0 Å². The van der Waals surface area contributed by atoms with Gasteiger partial charge in [-0.1, -0.05) is 26.0 Å². The van der Waals surface area contributed by atoms with E-state index in [4.69, 9.17) is 10.5 Å². The zero-order valence-corrected chi connectivity index (χ0v) is 9.66. The summed E-state index contributed by atoms with van der Waals surface area (Å²) < 4.78 is 0. The SMILES string of the molecule is CC(C)CC/C=C1\C(=N)C=CC=C1C(=O)O. The summed E-state index contributed by atoms with van der Waals surface area (Å²) in [6.45, 7) is 4.25. The van der Waals surface area contributed by atoms with Gasteiger partial charge in [-0.2, -0.15) is 0 Å². The number of carboxylic acids is 1. The van der Waals surface area contributed by atoms with E-state index < -0.39 is 5.97 Å². The molecule has 3 heteroatoms. The molecule has 16 heavy (non-hydrogen) atoms.